The summed E-state index contributed by atoms with van der Waals surface area (Å²) in [6, 6.07) is 6.69. The molecule has 1 saturated carbocycles. The highest BCUT2D eigenvalue weighted by Gasteiger charge is 2.22. The molecule has 2 aromatic rings. The molecular weight excluding hydrogens is 340 g/mol. The highest BCUT2D eigenvalue weighted by molar-refractivity contribution is 8.01. The van der Waals surface area contributed by atoms with Crippen LogP contribution in [0.2, 0.25) is 0 Å². The summed E-state index contributed by atoms with van der Waals surface area (Å²) in [5.74, 6) is 0.694. The molecule has 0 radical (unpaired) electrons. The number of amides is 1. The highest BCUT2D eigenvalue weighted by atomic mass is 32.2. The van der Waals surface area contributed by atoms with E-state index in [-0.39, 0.29) is 5.91 Å². The fourth-order valence-corrected chi connectivity index (χ4v) is 4.00. The average Bonchev–Trinajstić information content (AvgIpc) is 3.24. The number of carbonyl (C=O) groups excluding carboxylic acids is 1. The van der Waals surface area contributed by atoms with Gasteiger partial charge in [-0.05, 0) is 36.8 Å². The van der Waals surface area contributed by atoms with Gasteiger partial charge in [0.2, 0.25) is 11.0 Å². The number of carbonyl (C=O) groups is 1. The largest absolute Gasteiger partial charge is 0.357 e. The maximum atomic E-state index is 12.3. The maximum absolute atomic E-state index is 12.3. The standard InChI is InChI=1S/C17H22N4OS2/c1-10(2)13-6-4-5-11(3)15(13)19-14(22)9-23-17-21-20-16(24-17)18-12-7-8-12/h4-6,10,12H,7-9H2,1-3H3,(H,18,20)(H,19,22). The van der Waals surface area contributed by atoms with E-state index in [1.807, 2.05) is 19.1 Å². The lowest BCUT2D eigenvalue weighted by molar-refractivity contribution is -0.113. The zero-order valence-electron chi connectivity index (χ0n) is 14.1. The van der Waals surface area contributed by atoms with Gasteiger partial charge in [0.15, 0.2) is 4.34 Å². The Hall–Kier alpha value is -1.60. The quantitative estimate of drug-likeness (QED) is 0.720. The summed E-state index contributed by atoms with van der Waals surface area (Å²) in [7, 11) is 0. The molecule has 7 heteroatoms. The number of thioether (sulfide) groups is 1. The van der Waals surface area contributed by atoms with Crippen LogP contribution in [-0.2, 0) is 4.79 Å². The van der Waals surface area contributed by atoms with E-state index >= 15 is 0 Å². The average molecular weight is 363 g/mol. The third-order valence-corrected chi connectivity index (χ3v) is 5.82. The van der Waals surface area contributed by atoms with E-state index in [1.54, 1.807) is 0 Å². The Bertz CT molecular complexity index is 725. The highest BCUT2D eigenvalue weighted by Crippen LogP contribution is 2.31. The first-order valence-electron chi connectivity index (χ1n) is 8.15. The minimum Gasteiger partial charge on any atom is -0.357 e. The minimum absolute atomic E-state index is 0.0110. The number of benzene rings is 1. The number of rotatable bonds is 7. The van der Waals surface area contributed by atoms with E-state index in [0.29, 0.717) is 17.7 Å². The van der Waals surface area contributed by atoms with Crippen LogP contribution in [-0.4, -0.2) is 27.9 Å². The summed E-state index contributed by atoms with van der Waals surface area (Å²) in [6.07, 6.45) is 2.41. The normalized spacial score (nSPS) is 14.0. The molecule has 3 rings (SSSR count). The number of para-hydroxylation sites is 1. The molecule has 1 aromatic heterocycles. The van der Waals surface area contributed by atoms with Gasteiger partial charge in [-0.15, -0.1) is 10.2 Å². The van der Waals surface area contributed by atoms with Gasteiger partial charge in [0.25, 0.3) is 0 Å². The van der Waals surface area contributed by atoms with Gasteiger partial charge in [-0.1, -0.05) is 55.1 Å². The van der Waals surface area contributed by atoms with Crippen molar-refractivity contribution in [2.75, 3.05) is 16.4 Å². The van der Waals surface area contributed by atoms with Crippen molar-refractivity contribution in [3.63, 3.8) is 0 Å². The Morgan fingerprint density at radius 3 is 2.88 bits per heavy atom. The van der Waals surface area contributed by atoms with Gasteiger partial charge in [-0.25, -0.2) is 0 Å². The van der Waals surface area contributed by atoms with E-state index in [2.05, 4.69) is 40.7 Å². The molecule has 24 heavy (non-hydrogen) atoms. The molecule has 1 amide bonds. The number of hydrogen-bond acceptors (Lipinski definition) is 6. The third-order valence-electron chi connectivity index (χ3n) is 3.83. The zero-order chi connectivity index (χ0) is 17.1. The van der Waals surface area contributed by atoms with Crippen LogP contribution in [0.1, 0.15) is 43.7 Å². The summed E-state index contributed by atoms with van der Waals surface area (Å²) in [4.78, 5) is 12.3. The molecule has 1 aliphatic rings. The molecule has 5 nitrogen and oxygen atoms in total. The van der Waals surface area contributed by atoms with Crippen LogP contribution >= 0.6 is 23.1 Å². The Kier molecular flexibility index (Phi) is 5.40. The number of anilines is 2. The van der Waals surface area contributed by atoms with Crippen LogP contribution in [0, 0.1) is 6.92 Å². The van der Waals surface area contributed by atoms with Crippen LogP contribution in [0.3, 0.4) is 0 Å². The van der Waals surface area contributed by atoms with E-state index < -0.39 is 0 Å². The van der Waals surface area contributed by atoms with Crippen LogP contribution < -0.4 is 10.6 Å². The van der Waals surface area contributed by atoms with Gasteiger partial charge in [0.05, 0.1) is 5.75 Å². The van der Waals surface area contributed by atoms with Crippen molar-refractivity contribution in [3.05, 3.63) is 29.3 Å². The summed E-state index contributed by atoms with van der Waals surface area (Å²) in [5, 5.41) is 15.5. The van der Waals surface area contributed by atoms with Crippen molar-refractivity contribution < 1.29 is 4.79 Å². The monoisotopic (exact) mass is 362 g/mol. The SMILES string of the molecule is Cc1cccc(C(C)C)c1NC(=O)CSc1nnc(NC2CC2)s1. The minimum atomic E-state index is -0.0110. The van der Waals surface area contributed by atoms with Gasteiger partial charge in [0, 0.05) is 11.7 Å². The van der Waals surface area contributed by atoms with Gasteiger partial charge in [0.1, 0.15) is 0 Å². The lowest BCUT2D eigenvalue weighted by Gasteiger charge is -2.16. The molecule has 1 aliphatic carbocycles. The van der Waals surface area contributed by atoms with Crippen molar-refractivity contribution in [1.29, 1.82) is 0 Å². The summed E-state index contributed by atoms with van der Waals surface area (Å²) in [5.41, 5.74) is 3.19. The molecule has 1 fully saturated rings. The van der Waals surface area contributed by atoms with E-state index in [0.717, 1.165) is 20.7 Å². The number of aromatic nitrogens is 2. The third kappa shape index (κ3) is 4.48. The van der Waals surface area contributed by atoms with Crippen molar-refractivity contribution in [3.8, 4) is 0 Å². The van der Waals surface area contributed by atoms with Gasteiger partial charge < -0.3 is 10.6 Å². The summed E-state index contributed by atoms with van der Waals surface area (Å²) < 4.78 is 0.821. The van der Waals surface area contributed by atoms with Crippen molar-refractivity contribution in [2.45, 2.75) is 49.9 Å². The van der Waals surface area contributed by atoms with Gasteiger partial charge in [-0.3, -0.25) is 4.79 Å². The second-order valence-electron chi connectivity index (χ2n) is 6.32. The number of nitrogens with zero attached hydrogens (tertiary/aromatic N) is 2. The second kappa shape index (κ2) is 7.53. The lowest BCUT2D eigenvalue weighted by atomic mass is 9.98. The fraction of sp³-hybridized carbons (Fsp3) is 0.471. The predicted molar refractivity (Wildman–Crippen MR) is 101 cm³/mol. The Morgan fingerprint density at radius 2 is 2.17 bits per heavy atom. The van der Waals surface area contributed by atoms with Crippen molar-refractivity contribution >= 4 is 39.8 Å². The summed E-state index contributed by atoms with van der Waals surface area (Å²) in [6.45, 7) is 6.29. The van der Waals surface area contributed by atoms with Crippen LogP contribution in [0.25, 0.3) is 0 Å². The molecule has 1 aromatic carbocycles. The number of nitrogens with one attached hydrogen (secondary N) is 2. The first-order valence-corrected chi connectivity index (χ1v) is 9.95. The molecule has 0 atom stereocenters. The fourth-order valence-electron chi connectivity index (χ4n) is 2.37. The van der Waals surface area contributed by atoms with Crippen LogP contribution in [0.5, 0.6) is 0 Å². The molecule has 2 N–H and O–H groups in total. The van der Waals surface area contributed by atoms with Gasteiger partial charge in [-0.2, -0.15) is 0 Å². The van der Waals surface area contributed by atoms with Crippen LogP contribution in [0.15, 0.2) is 22.5 Å². The molecule has 0 unspecified atom stereocenters. The summed E-state index contributed by atoms with van der Waals surface area (Å²) >= 11 is 2.94. The number of hydrogen-bond donors (Lipinski definition) is 2. The molecule has 1 heterocycles. The first kappa shape index (κ1) is 17.2. The molecule has 0 aliphatic heterocycles. The Labute approximate surface area is 150 Å². The van der Waals surface area contributed by atoms with E-state index in [9.17, 15) is 4.79 Å². The Morgan fingerprint density at radius 1 is 1.38 bits per heavy atom. The topological polar surface area (TPSA) is 66.9 Å². The predicted octanol–water partition coefficient (Wildman–Crippen LogP) is 4.28. The molecule has 0 bridgehead atoms. The van der Waals surface area contributed by atoms with E-state index in [1.165, 1.54) is 41.5 Å². The molecule has 128 valence electrons. The van der Waals surface area contributed by atoms with Crippen LogP contribution in [0.4, 0.5) is 10.8 Å². The number of aryl methyl sites for hydroxylation is 1. The smallest absolute Gasteiger partial charge is 0.234 e. The molecular formula is C17H22N4OS2. The Balaban J connectivity index is 1.57. The van der Waals surface area contributed by atoms with Crippen molar-refractivity contribution in [1.82, 2.24) is 10.2 Å². The zero-order valence-corrected chi connectivity index (χ0v) is 15.8. The van der Waals surface area contributed by atoms with Gasteiger partial charge >= 0.3 is 0 Å². The van der Waals surface area contributed by atoms with Crippen molar-refractivity contribution in [2.24, 2.45) is 0 Å². The molecule has 0 saturated heterocycles. The second-order valence-corrected chi connectivity index (χ2v) is 8.52. The molecule has 0 spiro atoms. The van der Waals surface area contributed by atoms with E-state index in [4.69, 9.17) is 0 Å². The maximum Gasteiger partial charge on any atom is 0.234 e. The first-order chi connectivity index (χ1) is 11.5. The lowest BCUT2D eigenvalue weighted by Crippen LogP contribution is -2.16.